The van der Waals surface area contributed by atoms with Crippen molar-refractivity contribution in [1.82, 2.24) is 15.5 Å². The Balaban J connectivity index is 2.26. The van der Waals surface area contributed by atoms with Gasteiger partial charge in [-0.25, -0.2) is 0 Å². The molecule has 0 aromatic rings. The first-order valence-electron chi connectivity index (χ1n) is 7.24. The molecule has 6 heteroatoms. The van der Waals surface area contributed by atoms with E-state index in [1.165, 1.54) is 6.92 Å². The molecule has 114 valence electrons. The Hall–Kier alpha value is -1.59. The third kappa shape index (κ3) is 5.19. The molecule has 0 radical (unpaired) electrons. The zero-order valence-corrected chi connectivity index (χ0v) is 12.6. The molecule has 0 aliphatic carbocycles. The van der Waals surface area contributed by atoms with Crippen LogP contribution < -0.4 is 10.6 Å². The number of carbonyl (C=O) groups is 3. The molecule has 1 atom stereocenters. The molecule has 1 aliphatic rings. The van der Waals surface area contributed by atoms with E-state index in [0.29, 0.717) is 19.5 Å². The first-order chi connectivity index (χ1) is 9.41. The molecule has 20 heavy (non-hydrogen) atoms. The van der Waals surface area contributed by atoms with E-state index in [2.05, 4.69) is 10.6 Å². The molecule has 1 saturated heterocycles. The van der Waals surface area contributed by atoms with Gasteiger partial charge in [-0.15, -0.1) is 0 Å². The summed E-state index contributed by atoms with van der Waals surface area (Å²) in [6.45, 7) is 7.22. The summed E-state index contributed by atoms with van der Waals surface area (Å²) >= 11 is 0. The van der Waals surface area contributed by atoms with E-state index < -0.39 is 6.04 Å². The molecule has 0 spiro atoms. The first-order valence-corrected chi connectivity index (χ1v) is 7.24. The Kier molecular flexibility index (Phi) is 6.48. The van der Waals surface area contributed by atoms with Gasteiger partial charge in [0.1, 0.15) is 6.04 Å². The lowest BCUT2D eigenvalue weighted by molar-refractivity contribution is -0.129. The Morgan fingerprint density at radius 1 is 1.35 bits per heavy atom. The van der Waals surface area contributed by atoms with Crippen LogP contribution in [0.2, 0.25) is 0 Å². The van der Waals surface area contributed by atoms with Crippen LogP contribution in [0.3, 0.4) is 0 Å². The maximum absolute atomic E-state index is 12.0. The van der Waals surface area contributed by atoms with Crippen LogP contribution in [0.4, 0.5) is 0 Å². The SMILES string of the molecule is CC(=O)NC(C(=O)NCCCN1CCCC1=O)C(C)C. The van der Waals surface area contributed by atoms with Gasteiger partial charge < -0.3 is 15.5 Å². The monoisotopic (exact) mass is 283 g/mol. The highest BCUT2D eigenvalue weighted by Crippen LogP contribution is 2.09. The maximum atomic E-state index is 12.0. The summed E-state index contributed by atoms with van der Waals surface area (Å²) in [5, 5.41) is 5.47. The highest BCUT2D eigenvalue weighted by Gasteiger charge is 2.23. The van der Waals surface area contributed by atoms with Gasteiger partial charge in [-0.1, -0.05) is 13.8 Å². The van der Waals surface area contributed by atoms with E-state index in [0.717, 1.165) is 19.4 Å². The van der Waals surface area contributed by atoms with E-state index >= 15 is 0 Å². The Morgan fingerprint density at radius 2 is 2.05 bits per heavy atom. The molecular formula is C14H25N3O3. The van der Waals surface area contributed by atoms with Gasteiger partial charge in [-0.2, -0.15) is 0 Å². The van der Waals surface area contributed by atoms with Gasteiger partial charge in [0.25, 0.3) is 0 Å². The molecule has 1 aliphatic heterocycles. The number of amides is 3. The quantitative estimate of drug-likeness (QED) is 0.659. The molecule has 3 amide bonds. The largest absolute Gasteiger partial charge is 0.354 e. The molecule has 0 saturated carbocycles. The van der Waals surface area contributed by atoms with Crippen LogP contribution in [0.1, 0.15) is 40.0 Å². The Labute approximate surface area is 120 Å². The third-order valence-corrected chi connectivity index (χ3v) is 3.38. The number of nitrogens with zero attached hydrogens (tertiary/aromatic N) is 1. The summed E-state index contributed by atoms with van der Waals surface area (Å²) in [6.07, 6.45) is 2.32. The lowest BCUT2D eigenvalue weighted by atomic mass is 10.0. The summed E-state index contributed by atoms with van der Waals surface area (Å²) in [4.78, 5) is 36.3. The van der Waals surface area contributed by atoms with Crippen LogP contribution in [0.15, 0.2) is 0 Å². The van der Waals surface area contributed by atoms with Crippen molar-refractivity contribution in [2.24, 2.45) is 5.92 Å². The third-order valence-electron chi connectivity index (χ3n) is 3.38. The van der Waals surface area contributed by atoms with E-state index in [-0.39, 0.29) is 23.6 Å². The molecular weight excluding hydrogens is 258 g/mol. The lowest BCUT2D eigenvalue weighted by Gasteiger charge is -2.21. The topological polar surface area (TPSA) is 78.5 Å². The normalized spacial score (nSPS) is 16.4. The fraction of sp³-hybridized carbons (Fsp3) is 0.786. The zero-order chi connectivity index (χ0) is 15.1. The van der Waals surface area contributed by atoms with E-state index in [9.17, 15) is 14.4 Å². The second kappa shape index (κ2) is 7.87. The maximum Gasteiger partial charge on any atom is 0.242 e. The van der Waals surface area contributed by atoms with Gasteiger partial charge >= 0.3 is 0 Å². The van der Waals surface area contributed by atoms with Crippen molar-refractivity contribution in [3.63, 3.8) is 0 Å². The molecule has 2 N–H and O–H groups in total. The van der Waals surface area contributed by atoms with Gasteiger partial charge in [0.2, 0.25) is 17.7 Å². The summed E-state index contributed by atoms with van der Waals surface area (Å²) in [7, 11) is 0. The summed E-state index contributed by atoms with van der Waals surface area (Å²) in [6, 6.07) is -0.499. The molecule has 0 aromatic heterocycles. The second-order valence-electron chi connectivity index (χ2n) is 5.55. The summed E-state index contributed by atoms with van der Waals surface area (Å²) in [5.41, 5.74) is 0. The van der Waals surface area contributed by atoms with Crippen LogP contribution in [0.5, 0.6) is 0 Å². The molecule has 1 heterocycles. The number of hydrogen-bond donors (Lipinski definition) is 2. The van der Waals surface area contributed by atoms with Crippen LogP contribution in [0.25, 0.3) is 0 Å². The Morgan fingerprint density at radius 3 is 2.55 bits per heavy atom. The smallest absolute Gasteiger partial charge is 0.242 e. The van der Waals surface area contributed by atoms with Crippen molar-refractivity contribution < 1.29 is 14.4 Å². The van der Waals surface area contributed by atoms with Crippen molar-refractivity contribution in [3.8, 4) is 0 Å². The zero-order valence-electron chi connectivity index (χ0n) is 12.6. The first kappa shape index (κ1) is 16.5. The van der Waals surface area contributed by atoms with Gasteiger partial charge in [0.15, 0.2) is 0 Å². The lowest BCUT2D eigenvalue weighted by Crippen LogP contribution is -2.49. The van der Waals surface area contributed by atoms with Crippen molar-refractivity contribution in [2.75, 3.05) is 19.6 Å². The predicted molar refractivity (Wildman–Crippen MR) is 75.9 cm³/mol. The number of carbonyl (C=O) groups excluding carboxylic acids is 3. The van der Waals surface area contributed by atoms with Crippen molar-refractivity contribution >= 4 is 17.7 Å². The molecule has 1 rings (SSSR count). The van der Waals surface area contributed by atoms with Crippen molar-refractivity contribution in [1.29, 1.82) is 0 Å². The standard InChI is InChI=1S/C14H25N3O3/c1-10(2)13(16-11(3)18)14(20)15-7-5-9-17-8-4-6-12(17)19/h10,13H,4-9H2,1-3H3,(H,15,20)(H,16,18). The number of rotatable bonds is 7. The average Bonchev–Trinajstić information content (AvgIpc) is 2.76. The van der Waals surface area contributed by atoms with Gasteiger partial charge in [0, 0.05) is 33.0 Å². The molecule has 1 unspecified atom stereocenters. The fourth-order valence-electron chi connectivity index (χ4n) is 2.29. The van der Waals surface area contributed by atoms with Gasteiger partial charge in [-0.3, -0.25) is 14.4 Å². The molecule has 6 nitrogen and oxygen atoms in total. The van der Waals surface area contributed by atoms with Crippen LogP contribution in [-0.2, 0) is 14.4 Å². The minimum Gasteiger partial charge on any atom is -0.354 e. The highest BCUT2D eigenvalue weighted by atomic mass is 16.2. The summed E-state index contributed by atoms with van der Waals surface area (Å²) in [5.74, 6) is -0.127. The average molecular weight is 283 g/mol. The van der Waals surface area contributed by atoms with Crippen LogP contribution in [-0.4, -0.2) is 48.3 Å². The Bertz CT molecular complexity index is 369. The molecule has 1 fully saturated rings. The molecule has 0 bridgehead atoms. The fourth-order valence-corrected chi connectivity index (χ4v) is 2.29. The highest BCUT2D eigenvalue weighted by molar-refractivity contribution is 5.87. The number of nitrogens with one attached hydrogen (secondary N) is 2. The molecule has 0 aromatic carbocycles. The number of hydrogen-bond acceptors (Lipinski definition) is 3. The van der Waals surface area contributed by atoms with Gasteiger partial charge in [0.05, 0.1) is 0 Å². The number of likely N-dealkylation sites (tertiary alicyclic amines) is 1. The van der Waals surface area contributed by atoms with Crippen LogP contribution in [0, 0.1) is 5.92 Å². The van der Waals surface area contributed by atoms with E-state index in [1.54, 1.807) is 0 Å². The van der Waals surface area contributed by atoms with Crippen LogP contribution >= 0.6 is 0 Å². The van der Waals surface area contributed by atoms with E-state index in [4.69, 9.17) is 0 Å². The van der Waals surface area contributed by atoms with Crippen molar-refractivity contribution in [3.05, 3.63) is 0 Å². The predicted octanol–water partition coefficient (Wildman–Crippen LogP) is 0.276. The second-order valence-corrected chi connectivity index (χ2v) is 5.55. The van der Waals surface area contributed by atoms with E-state index in [1.807, 2.05) is 18.7 Å². The minimum absolute atomic E-state index is 0.0408. The van der Waals surface area contributed by atoms with Crippen molar-refractivity contribution in [2.45, 2.75) is 46.1 Å². The summed E-state index contributed by atoms with van der Waals surface area (Å²) < 4.78 is 0. The minimum atomic E-state index is -0.499. The van der Waals surface area contributed by atoms with Gasteiger partial charge in [-0.05, 0) is 18.8 Å².